The van der Waals surface area contributed by atoms with E-state index in [0.717, 1.165) is 61.7 Å². The molecule has 10 nitrogen and oxygen atoms in total. The zero-order valence-corrected chi connectivity index (χ0v) is 20.1. The van der Waals surface area contributed by atoms with Crippen LogP contribution >= 0.6 is 0 Å². The van der Waals surface area contributed by atoms with Crippen molar-refractivity contribution in [3.05, 3.63) is 24.3 Å². The number of anilines is 1. The number of nitrogens with one attached hydrogen (secondary N) is 3. The van der Waals surface area contributed by atoms with E-state index in [4.69, 9.17) is 4.52 Å². The number of hydrogen-bond acceptors (Lipinski definition) is 8. The van der Waals surface area contributed by atoms with Crippen molar-refractivity contribution in [3.8, 4) is 11.5 Å². The molecule has 0 saturated heterocycles. The van der Waals surface area contributed by atoms with Gasteiger partial charge in [-0.1, -0.05) is 5.16 Å². The van der Waals surface area contributed by atoms with Crippen LogP contribution in [0.4, 0.5) is 5.69 Å². The van der Waals surface area contributed by atoms with Crippen LogP contribution in [-0.2, 0) is 0 Å². The van der Waals surface area contributed by atoms with Gasteiger partial charge < -0.3 is 30.4 Å². The Morgan fingerprint density at radius 1 is 1.14 bits per heavy atom. The van der Waals surface area contributed by atoms with Crippen molar-refractivity contribution >= 4 is 22.6 Å². The second-order valence-corrected chi connectivity index (χ2v) is 11.6. The fourth-order valence-corrected chi connectivity index (χ4v) is 7.60. The Hall–Kier alpha value is -2.98. The van der Waals surface area contributed by atoms with Crippen LogP contribution in [0.5, 0.6) is 0 Å². The average Bonchev–Trinajstić information content (AvgIpc) is 3.52. The summed E-state index contributed by atoms with van der Waals surface area (Å²) in [6.07, 6.45) is 11.1. The van der Waals surface area contributed by atoms with Gasteiger partial charge in [0, 0.05) is 29.9 Å². The van der Waals surface area contributed by atoms with Gasteiger partial charge in [0.2, 0.25) is 0 Å². The van der Waals surface area contributed by atoms with E-state index < -0.39 is 5.60 Å². The predicted molar refractivity (Wildman–Crippen MR) is 131 cm³/mol. The molecule has 0 radical (unpaired) electrons. The van der Waals surface area contributed by atoms with Crippen LogP contribution in [0.25, 0.3) is 22.5 Å². The lowest BCUT2D eigenvalue weighted by atomic mass is 9.52. The lowest BCUT2D eigenvalue weighted by Gasteiger charge is -2.58. The number of H-pyrrole nitrogens is 1. The Morgan fingerprint density at radius 3 is 2.67 bits per heavy atom. The molecular formula is C26H32N6O4. The highest BCUT2D eigenvalue weighted by atomic mass is 16.5. The molecule has 5 aliphatic carbocycles. The normalized spacial score (nSPS) is 35.3. The second kappa shape index (κ2) is 8.27. The number of pyridine rings is 1. The van der Waals surface area contributed by atoms with Gasteiger partial charge in [-0.15, -0.1) is 0 Å². The molecule has 4 bridgehead atoms. The van der Waals surface area contributed by atoms with Crippen molar-refractivity contribution in [2.24, 2.45) is 17.8 Å². The first-order valence-corrected chi connectivity index (χ1v) is 13.2. The van der Waals surface area contributed by atoms with Crippen LogP contribution in [0, 0.1) is 17.8 Å². The highest BCUT2D eigenvalue weighted by Crippen LogP contribution is 2.56. The number of carbonyl (C=O) groups is 1. The Morgan fingerprint density at radius 2 is 1.92 bits per heavy atom. The van der Waals surface area contributed by atoms with E-state index >= 15 is 0 Å². The SMILES string of the molecule is O=C(N[C@H]1CC[C@H](O)CC1)c1noc(-c2cnc3[nH]ccc3c2N[C@H]2C3CC4CC2C[C@@](O)(C4)C3)n1. The quantitative estimate of drug-likeness (QED) is 0.365. The molecule has 3 aromatic rings. The smallest absolute Gasteiger partial charge is 0.292 e. The number of aliphatic hydroxyl groups is 2. The van der Waals surface area contributed by atoms with E-state index in [1.54, 1.807) is 6.20 Å². The van der Waals surface area contributed by atoms with E-state index in [1.807, 2.05) is 12.3 Å². The molecule has 0 aliphatic heterocycles. The minimum atomic E-state index is -0.496. The van der Waals surface area contributed by atoms with E-state index in [0.29, 0.717) is 36.2 Å². The van der Waals surface area contributed by atoms with E-state index in [1.165, 1.54) is 0 Å². The summed E-state index contributed by atoms with van der Waals surface area (Å²) in [6, 6.07) is 2.25. The van der Waals surface area contributed by atoms with Crippen LogP contribution in [0.1, 0.15) is 68.4 Å². The van der Waals surface area contributed by atoms with Crippen molar-refractivity contribution in [1.29, 1.82) is 0 Å². The fraction of sp³-hybridized carbons (Fsp3) is 0.615. The van der Waals surface area contributed by atoms with Crippen LogP contribution < -0.4 is 10.6 Å². The van der Waals surface area contributed by atoms with Gasteiger partial charge in [0.1, 0.15) is 5.65 Å². The van der Waals surface area contributed by atoms with E-state index in [-0.39, 0.29) is 35.8 Å². The first kappa shape index (κ1) is 22.2. The maximum atomic E-state index is 12.8. The Kier molecular flexibility index (Phi) is 5.11. The van der Waals surface area contributed by atoms with Crippen LogP contribution in [0.15, 0.2) is 23.0 Å². The fourth-order valence-electron chi connectivity index (χ4n) is 7.60. The Balaban J connectivity index is 1.17. The number of carbonyl (C=O) groups excluding carboxylic acids is 1. The number of aromatic amines is 1. The summed E-state index contributed by atoms with van der Waals surface area (Å²) < 4.78 is 5.58. The number of hydrogen-bond donors (Lipinski definition) is 5. The zero-order valence-electron chi connectivity index (χ0n) is 20.1. The van der Waals surface area contributed by atoms with Crippen molar-refractivity contribution in [1.82, 2.24) is 25.4 Å². The standard InChI is InChI=1S/C26H32N6O4/c33-17-3-1-16(2-4-17)29-24(34)23-31-25(36-32-23)19-12-28-22-18(5-6-27-22)21(19)30-20-14-7-13-8-15(20)11-26(35,9-13)10-14/h5-6,12-17,20,33,35H,1-4,7-11H2,(H,29,34)(H2,27,28,30)/t13?,14?,15?,16-,17-,20-,26+. The van der Waals surface area contributed by atoms with Crippen LogP contribution in [0.3, 0.4) is 0 Å². The molecular weight excluding hydrogens is 460 g/mol. The topological polar surface area (TPSA) is 149 Å². The molecule has 36 heavy (non-hydrogen) atoms. The first-order valence-electron chi connectivity index (χ1n) is 13.2. The summed E-state index contributed by atoms with van der Waals surface area (Å²) in [5.41, 5.74) is 1.81. The monoisotopic (exact) mass is 492 g/mol. The first-order chi connectivity index (χ1) is 17.4. The molecule has 5 fully saturated rings. The van der Waals surface area contributed by atoms with Crippen LogP contribution in [0.2, 0.25) is 0 Å². The van der Waals surface area contributed by atoms with E-state index in [9.17, 15) is 15.0 Å². The largest absolute Gasteiger partial charge is 0.393 e. The Bertz CT molecular complexity index is 1280. The third kappa shape index (κ3) is 3.78. The number of amides is 1. The molecule has 3 aromatic heterocycles. The lowest BCUT2D eigenvalue weighted by Crippen LogP contribution is -2.59. The Labute approximate surface area is 208 Å². The van der Waals surface area contributed by atoms with Crippen molar-refractivity contribution < 1.29 is 19.5 Å². The summed E-state index contributed by atoms with van der Waals surface area (Å²) in [5.74, 6) is 1.35. The van der Waals surface area contributed by atoms with E-state index in [2.05, 4.69) is 30.7 Å². The third-order valence-corrected chi connectivity index (χ3v) is 9.03. The van der Waals surface area contributed by atoms with Gasteiger partial charge in [-0.25, -0.2) is 4.98 Å². The maximum absolute atomic E-state index is 12.8. The second-order valence-electron chi connectivity index (χ2n) is 11.6. The highest BCUT2D eigenvalue weighted by molar-refractivity contribution is 5.97. The predicted octanol–water partition coefficient (Wildman–Crippen LogP) is 3.00. The molecule has 1 amide bonds. The van der Waals surface area contributed by atoms with Crippen molar-refractivity contribution in [2.45, 2.75) is 81.6 Å². The van der Waals surface area contributed by atoms with Gasteiger partial charge in [-0.2, -0.15) is 4.98 Å². The summed E-state index contributed by atoms with van der Waals surface area (Å²) >= 11 is 0. The van der Waals surface area contributed by atoms with Gasteiger partial charge in [-0.05, 0) is 81.6 Å². The molecule has 0 aromatic carbocycles. The zero-order chi connectivity index (χ0) is 24.4. The van der Waals surface area contributed by atoms with Gasteiger partial charge in [0.15, 0.2) is 0 Å². The van der Waals surface area contributed by atoms with Crippen molar-refractivity contribution in [2.75, 3.05) is 5.32 Å². The van der Waals surface area contributed by atoms with Gasteiger partial charge in [-0.3, -0.25) is 4.79 Å². The molecule has 5 aliphatic rings. The number of nitrogens with zero attached hydrogens (tertiary/aromatic N) is 3. The van der Waals surface area contributed by atoms with Crippen molar-refractivity contribution in [3.63, 3.8) is 0 Å². The number of aliphatic hydroxyl groups excluding tert-OH is 1. The lowest BCUT2D eigenvalue weighted by molar-refractivity contribution is -0.129. The summed E-state index contributed by atoms with van der Waals surface area (Å²) in [5, 5.41) is 32.4. The van der Waals surface area contributed by atoms with Crippen LogP contribution in [-0.4, -0.2) is 60.0 Å². The molecule has 0 spiro atoms. The maximum Gasteiger partial charge on any atom is 0.292 e. The molecule has 5 saturated carbocycles. The minimum absolute atomic E-state index is 0.00434. The molecule has 190 valence electrons. The van der Waals surface area contributed by atoms with Gasteiger partial charge in [0.25, 0.3) is 17.6 Å². The summed E-state index contributed by atoms with van der Waals surface area (Å²) in [6.45, 7) is 0. The third-order valence-electron chi connectivity index (χ3n) is 9.03. The van der Waals surface area contributed by atoms with Gasteiger partial charge in [0.05, 0.1) is 23.0 Å². The molecule has 2 unspecified atom stereocenters. The number of aromatic nitrogens is 4. The van der Waals surface area contributed by atoms with Gasteiger partial charge >= 0.3 is 0 Å². The average molecular weight is 493 g/mol. The number of rotatable bonds is 5. The summed E-state index contributed by atoms with van der Waals surface area (Å²) in [4.78, 5) is 24.9. The molecule has 3 heterocycles. The molecule has 10 heteroatoms. The molecule has 2 atom stereocenters. The minimum Gasteiger partial charge on any atom is -0.393 e. The number of fused-ring (bicyclic) bond motifs is 1. The highest BCUT2D eigenvalue weighted by Gasteiger charge is 2.54. The molecule has 8 rings (SSSR count). The molecule has 5 N–H and O–H groups in total. The summed E-state index contributed by atoms with van der Waals surface area (Å²) in [7, 11) is 0.